The summed E-state index contributed by atoms with van der Waals surface area (Å²) in [6.45, 7) is 2.25. The molecule has 11 nitrogen and oxygen atoms in total. The lowest BCUT2D eigenvalue weighted by Crippen LogP contribution is -2.50. The van der Waals surface area contributed by atoms with Gasteiger partial charge < -0.3 is 30.7 Å². The summed E-state index contributed by atoms with van der Waals surface area (Å²) in [5.74, 6) is 0.194. The normalized spacial score (nSPS) is 17.4. The number of morpholine rings is 1. The number of aliphatic hydroxyl groups excluding tert-OH is 1. The average molecular weight is 541 g/mol. The number of aliphatic hydroxyl groups is 1. The van der Waals surface area contributed by atoms with E-state index in [1.165, 1.54) is 6.08 Å². The lowest BCUT2D eigenvalue weighted by Gasteiger charge is -2.35. The number of anilines is 3. The Morgan fingerprint density at radius 1 is 1.15 bits per heavy atom. The van der Waals surface area contributed by atoms with Gasteiger partial charge in [0.2, 0.25) is 11.9 Å². The van der Waals surface area contributed by atoms with Crippen molar-refractivity contribution in [2.45, 2.75) is 5.60 Å². The molecule has 4 aromatic rings. The molecule has 3 aromatic heterocycles. The van der Waals surface area contributed by atoms with Crippen molar-refractivity contribution in [3.63, 3.8) is 0 Å². The van der Waals surface area contributed by atoms with E-state index in [9.17, 15) is 9.90 Å². The van der Waals surface area contributed by atoms with Crippen molar-refractivity contribution in [2.24, 2.45) is 0 Å². The largest absolute Gasteiger partial charge is 0.393 e. The van der Waals surface area contributed by atoms with Gasteiger partial charge in [-0.15, -0.1) is 0 Å². The van der Waals surface area contributed by atoms with Crippen LogP contribution < -0.4 is 16.0 Å². The van der Waals surface area contributed by atoms with Crippen LogP contribution in [0.1, 0.15) is 5.69 Å². The zero-order valence-corrected chi connectivity index (χ0v) is 22.5. The first-order valence-electron chi connectivity index (χ1n) is 13.0. The Labute approximate surface area is 232 Å². The number of nitrogens with zero attached hydrogens (tertiary/aromatic N) is 5. The summed E-state index contributed by atoms with van der Waals surface area (Å²) in [7, 11) is 3.88. The van der Waals surface area contributed by atoms with E-state index in [0.717, 1.165) is 17.5 Å². The van der Waals surface area contributed by atoms with Gasteiger partial charge in [0, 0.05) is 54.7 Å². The standard InChI is InChI=1S/C29H32N8O3/c1-37(2)13-4-7-26(39)34-21-10-11-31-24(15-21)23-6-3-5-20-16-33-28(36-27(20)23)35-22-8-9-25(32-17-22)29(19-38)18-30-12-14-40-29/h3-11,15-17,30,38H,12-14,18-19H2,1-2H3,(H,31,34,39)(H,33,35,36)/b7-4+. The summed E-state index contributed by atoms with van der Waals surface area (Å²) in [5, 5.41) is 20.2. The Morgan fingerprint density at radius 3 is 2.80 bits per heavy atom. The number of nitrogens with one attached hydrogen (secondary N) is 3. The van der Waals surface area contributed by atoms with Gasteiger partial charge in [0.05, 0.1) is 42.0 Å². The number of likely N-dealkylation sites (N-methyl/N-ethyl adjacent to an activating group) is 1. The molecule has 40 heavy (non-hydrogen) atoms. The van der Waals surface area contributed by atoms with Crippen molar-refractivity contribution in [3.8, 4) is 11.3 Å². The summed E-state index contributed by atoms with van der Waals surface area (Å²) in [6.07, 6.45) is 8.41. The third kappa shape index (κ3) is 6.29. The van der Waals surface area contributed by atoms with Gasteiger partial charge in [-0.05, 0) is 38.4 Å². The number of pyridine rings is 2. The molecular formula is C29H32N8O3. The van der Waals surface area contributed by atoms with E-state index in [4.69, 9.17) is 9.72 Å². The third-order valence-corrected chi connectivity index (χ3v) is 6.46. The van der Waals surface area contributed by atoms with Gasteiger partial charge in [0.1, 0.15) is 5.60 Å². The maximum Gasteiger partial charge on any atom is 0.248 e. The SMILES string of the molecule is CN(C)C/C=C/C(=O)Nc1ccnc(-c2cccc3cnc(Nc4ccc(C5(CO)CNCCO5)nc4)nc23)c1. The molecule has 0 bridgehead atoms. The van der Waals surface area contributed by atoms with Crippen LogP contribution in [-0.4, -0.2) is 82.8 Å². The summed E-state index contributed by atoms with van der Waals surface area (Å²) < 4.78 is 5.86. The van der Waals surface area contributed by atoms with E-state index < -0.39 is 5.60 Å². The first kappa shape index (κ1) is 27.3. The number of carbonyl (C=O) groups excluding carboxylic acids is 1. The molecule has 206 valence electrons. The monoisotopic (exact) mass is 540 g/mol. The van der Waals surface area contributed by atoms with E-state index in [1.54, 1.807) is 24.7 Å². The van der Waals surface area contributed by atoms with E-state index in [1.807, 2.05) is 61.5 Å². The second kappa shape index (κ2) is 12.3. The maximum atomic E-state index is 12.3. The van der Waals surface area contributed by atoms with Crippen molar-refractivity contribution < 1.29 is 14.6 Å². The van der Waals surface area contributed by atoms with Gasteiger partial charge in [-0.1, -0.05) is 24.3 Å². The summed E-state index contributed by atoms with van der Waals surface area (Å²) in [5.41, 5.74) is 3.33. The first-order chi connectivity index (χ1) is 19.5. The van der Waals surface area contributed by atoms with Crippen LogP contribution in [0.5, 0.6) is 0 Å². The van der Waals surface area contributed by atoms with Crippen molar-refractivity contribution in [3.05, 3.63) is 78.9 Å². The maximum absolute atomic E-state index is 12.3. The number of rotatable bonds is 9. The van der Waals surface area contributed by atoms with Crippen LogP contribution in [-0.2, 0) is 15.1 Å². The number of ether oxygens (including phenoxy) is 1. The van der Waals surface area contributed by atoms with E-state index >= 15 is 0 Å². The predicted octanol–water partition coefficient (Wildman–Crippen LogP) is 2.69. The molecule has 1 amide bonds. The molecule has 1 atom stereocenters. The fourth-order valence-electron chi connectivity index (χ4n) is 4.41. The fraction of sp³-hybridized carbons (Fsp3) is 0.276. The van der Waals surface area contributed by atoms with E-state index in [2.05, 4.69) is 30.9 Å². The van der Waals surface area contributed by atoms with Crippen LogP contribution in [0.4, 0.5) is 17.3 Å². The van der Waals surface area contributed by atoms with Gasteiger partial charge in [-0.3, -0.25) is 14.8 Å². The molecule has 0 aliphatic carbocycles. The number of fused-ring (bicyclic) bond motifs is 1. The minimum absolute atomic E-state index is 0.164. The second-order valence-corrected chi connectivity index (χ2v) is 9.76. The molecular weight excluding hydrogens is 508 g/mol. The minimum Gasteiger partial charge on any atom is -0.393 e. The fourth-order valence-corrected chi connectivity index (χ4v) is 4.41. The number of hydrogen-bond donors (Lipinski definition) is 4. The minimum atomic E-state index is -0.853. The van der Waals surface area contributed by atoms with Crippen molar-refractivity contribution in [1.82, 2.24) is 30.2 Å². The summed E-state index contributed by atoms with van der Waals surface area (Å²) in [4.78, 5) is 32.6. The Bertz CT molecular complexity index is 1500. The highest BCUT2D eigenvalue weighted by Crippen LogP contribution is 2.29. The quantitative estimate of drug-likeness (QED) is 0.235. The molecule has 5 rings (SSSR count). The molecule has 1 aliphatic rings. The number of carbonyl (C=O) groups is 1. The number of amides is 1. The number of para-hydroxylation sites is 1. The Hall–Kier alpha value is -4.29. The molecule has 11 heteroatoms. The molecule has 1 unspecified atom stereocenters. The van der Waals surface area contributed by atoms with Crippen molar-refractivity contribution >= 4 is 34.1 Å². The number of benzene rings is 1. The van der Waals surface area contributed by atoms with Gasteiger partial charge in [0.25, 0.3) is 0 Å². The van der Waals surface area contributed by atoms with Gasteiger partial charge in [0.15, 0.2) is 0 Å². The van der Waals surface area contributed by atoms with E-state index in [-0.39, 0.29) is 12.5 Å². The molecule has 1 aliphatic heterocycles. The summed E-state index contributed by atoms with van der Waals surface area (Å²) >= 11 is 0. The molecule has 1 aromatic carbocycles. The van der Waals surface area contributed by atoms with Gasteiger partial charge in [-0.25, -0.2) is 9.97 Å². The van der Waals surface area contributed by atoms with E-state index in [0.29, 0.717) is 53.9 Å². The lowest BCUT2D eigenvalue weighted by molar-refractivity contribution is -0.111. The third-order valence-electron chi connectivity index (χ3n) is 6.46. The van der Waals surface area contributed by atoms with Crippen molar-refractivity contribution in [1.29, 1.82) is 0 Å². The van der Waals surface area contributed by atoms with Gasteiger partial charge in [-0.2, -0.15) is 0 Å². The Kier molecular flexibility index (Phi) is 8.37. The molecule has 0 saturated carbocycles. The molecule has 1 fully saturated rings. The predicted molar refractivity (Wildman–Crippen MR) is 154 cm³/mol. The highest BCUT2D eigenvalue weighted by Gasteiger charge is 2.36. The Morgan fingerprint density at radius 2 is 2.05 bits per heavy atom. The topological polar surface area (TPSA) is 137 Å². The van der Waals surface area contributed by atoms with Crippen LogP contribution in [0.2, 0.25) is 0 Å². The summed E-state index contributed by atoms with van der Waals surface area (Å²) in [6, 6.07) is 13.1. The van der Waals surface area contributed by atoms with Crippen LogP contribution in [0.3, 0.4) is 0 Å². The van der Waals surface area contributed by atoms with Crippen LogP contribution in [0, 0.1) is 0 Å². The Balaban J connectivity index is 1.36. The lowest BCUT2D eigenvalue weighted by atomic mass is 9.98. The van der Waals surface area contributed by atoms with Crippen LogP contribution in [0.25, 0.3) is 22.2 Å². The van der Waals surface area contributed by atoms with Crippen LogP contribution >= 0.6 is 0 Å². The molecule has 4 N–H and O–H groups in total. The first-order valence-corrected chi connectivity index (χ1v) is 13.0. The number of hydrogen-bond acceptors (Lipinski definition) is 10. The number of aromatic nitrogens is 4. The highest BCUT2D eigenvalue weighted by atomic mass is 16.5. The van der Waals surface area contributed by atoms with Crippen LogP contribution in [0.15, 0.2) is 73.2 Å². The van der Waals surface area contributed by atoms with Crippen molar-refractivity contribution in [2.75, 3.05) is 57.6 Å². The molecule has 1 saturated heterocycles. The molecule has 4 heterocycles. The smallest absolute Gasteiger partial charge is 0.248 e. The zero-order chi connectivity index (χ0) is 28.0. The highest BCUT2D eigenvalue weighted by molar-refractivity contribution is 6.00. The zero-order valence-electron chi connectivity index (χ0n) is 22.5. The molecule has 0 radical (unpaired) electrons. The second-order valence-electron chi connectivity index (χ2n) is 9.76. The van der Waals surface area contributed by atoms with Gasteiger partial charge >= 0.3 is 0 Å². The average Bonchev–Trinajstić information content (AvgIpc) is 2.97. The molecule has 0 spiro atoms.